The summed E-state index contributed by atoms with van der Waals surface area (Å²) in [4.78, 5) is 13.0. The molecule has 1 aliphatic carbocycles. The van der Waals surface area contributed by atoms with Gasteiger partial charge in [-0.2, -0.15) is 18.3 Å². The zero-order valence-corrected chi connectivity index (χ0v) is 18.1. The number of nitrogens with zero attached hydrogens (tertiary/aromatic N) is 2. The molecular weight excluding hydrogens is 465 g/mol. The number of allylic oxidation sites excluding steroid dienone is 1. The van der Waals surface area contributed by atoms with Crippen LogP contribution in [-0.4, -0.2) is 38.2 Å². The van der Waals surface area contributed by atoms with E-state index in [1.165, 1.54) is 19.2 Å². The largest absolute Gasteiger partial charge is 0.438 e. The van der Waals surface area contributed by atoms with Gasteiger partial charge in [-0.05, 0) is 31.5 Å². The average molecular weight is 487 g/mol. The maximum atomic E-state index is 13.6. The molecule has 3 rings (SSSR count). The molecule has 0 aliphatic heterocycles. The van der Waals surface area contributed by atoms with Crippen molar-refractivity contribution in [2.45, 2.75) is 38.3 Å². The molecule has 3 N–H and O–H groups in total. The van der Waals surface area contributed by atoms with E-state index in [1.54, 1.807) is 19.1 Å². The van der Waals surface area contributed by atoms with Gasteiger partial charge in [0.2, 0.25) is 5.88 Å². The molecule has 1 aromatic carbocycles. The van der Waals surface area contributed by atoms with Gasteiger partial charge in [0.1, 0.15) is 17.0 Å². The zero-order chi connectivity index (χ0) is 25.2. The minimum absolute atomic E-state index is 0.272. The molecule has 2 aromatic rings. The van der Waals surface area contributed by atoms with Crippen molar-refractivity contribution < 1.29 is 41.7 Å². The molecule has 1 aliphatic rings. The second-order valence-corrected chi connectivity index (χ2v) is 7.72. The van der Waals surface area contributed by atoms with Crippen LogP contribution in [0.2, 0.25) is 0 Å². The van der Waals surface area contributed by atoms with Gasteiger partial charge in [-0.3, -0.25) is 4.79 Å². The second kappa shape index (κ2) is 9.94. The predicted octanol–water partition coefficient (Wildman–Crippen LogP) is 4.10. The Morgan fingerprint density at radius 3 is 2.56 bits per heavy atom. The van der Waals surface area contributed by atoms with Crippen molar-refractivity contribution in [2.75, 3.05) is 0 Å². The molecule has 0 fully saturated rings. The molecule has 0 radical (unpaired) electrons. The average Bonchev–Trinajstić information content (AvgIpc) is 3.09. The number of carbonyl (C=O) groups is 1. The summed E-state index contributed by atoms with van der Waals surface area (Å²) in [5, 5.41) is 24.6. The Kier molecular flexibility index (Phi) is 7.41. The Morgan fingerprint density at radius 2 is 2.00 bits per heavy atom. The minimum Gasteiger partial charge on any atom is -0.438 e. The third-order valence-corrected chi connectivity index (χ3v) is 5.29. The number of halogens is 5. The molecule has 34 heavy (non-hydrogen) atoms. The lowest BCUT2D eigenvalue weighted by atomic mass is 9.90. The van der Waals surface area contributed by atoms with Crippen LogP contribution in [0.1, 0.15) is 41.4 Å². The highest BCUT2D eigenvalue weighted by Gasteiger charge is 2.33. The van der Waals surface area contributed by atoms with Gasteiger partial charge in [0.05, 0.1) is 5.56 Å². The Balaban J connectivity index is 1.86. The number of alkyl halides is 5. The Morgan fingerprint density at radius 1 is 1.29 bits per heavy atom. The molecule has 184 valence electrons. The number of rotatable bonds is 7. The summed E-state index contributed by atoms with van der Waals surface area (Å²) in [6.45, 7) is 1.63. The number of aromatic nitrogens is 2. The maximum absolute atomic E-state index is 13.6. The van der Waals surface area contributed by atoms with E-state index in [-0.39, 0.29) is 11.7 Å². The van der Waals surface area contributed by atoms with Gasteiger partial charge in [0.25, 0.3) is 12.3 Å². The first-order valence-corrected chi connectivity index (χ1v) is 10.1. The van der Waals surface area contributed by atoms with E-state index in [0.717, 1.165) is 16.8 Å². The molecule has 1 heterocycles. The number of benzene rings is 1. The third-order valence-electron chi connectivity index (χ3n) is 5.29. The fourth-order valence-electron chi connectivity index (χ4n) is 3.46. The van der Waals surface area contributed by atoms with E-state index in [0.29, 0.717) is 18.1 Å². The van der Waals surface area contributed by atoms with Gasteiger partial charge < -0.3 is 20.3 Å². The van der Waals surface area contributed by atoms with Crippen molar-refractivity contribution in [3.8, 4) is 11.6 Å². The minimum atomic E-state index is -4.65. The highest BCUT2D eigenvalue weighted by Crippen LogP contribution is 2.36. The van der Waals surface area contributed by atoms with Crippen LogP contribution in [0.5, 0.6) is 11.6 Å². The molecule has 2 atom stereocenters. The Bertz CT molecular complexity index is 1110. The van der Waals surface area contributed by atoms with Crippen molar-refractivity contribution in [3.05, 3.63) is 64.9 Å². The van der Waals surface area contributed by atoms with Gasteiger partial charge >= 0.3 is 6.18 Å². The quantitative estimate of drug-likeness (QED) is 0.404. The van der Waals surface area contributed by atoms with E-state index >= 15 is 0 Å². The van der Waals surface area contributed by atoms with Crippen molar-refractivity contribution in [2.24, 2.45) is 13.0 Å². The number of nitrogens with one attached hydrogen (secondary N) is 1. The molecule has 1 amide bonds. The number of carbonyl (C=O) groups excluding carboxylic acids is 1. The Labute approximate surface area is 191 Å². The second-order valence-electron chi connectivity index (χ2n) is 7.72. The van der Waals surface area contributed by atoms with Gasteiger partial charge in [-0.15, -0.1) is 0 Å². The molecule has 12 heteroatoms. The standard InChI is InChI=1S/C22H22F5N3O4/c1-11(12-6-8-13(9-7-12)21(32)33)28-19(31)16-17(18(23)24)29-30(2)20(16)34-15-5-3-4-14(10-15)22(25,26)27/h3-6,8-12,18,21,32-33H,7H2,1-2H3,(H,28,31)/t11-,12?/m0/s1. The summed E-state index contributed by atoms with van der Waals surface area (Å²) in [6.07, 6.45) is -4.37. The third kappa shape index (κ3) is 5.62. The van der Waals surface area contributed by atoms with Crippen LogP contribution in [0.15, 0.2) is 48.1 Å². The molecule has 0 spiro atoms. The fourth-order valence-corrected chi connectivity index (χ4v) is 3.46. The highest BCUT2D eigenvalue weighted by atomic mass is 19.4. The summed E-state index contributed by atoms with van der Waals surface area (Å²) in [7, 11) is 1.23. The Hall–Kier alpha value is -3.25. The SMILES string of the molecule is C[C@H](NC(=O)c1c(C(F)F)nn(C)c1Oc1cccc(C(F)(F)F)c1)C1C=CC(C(O)O)=CC1. The lowest BCUT2D eigenvalue weighted by molar-refractivity contribution is -0.137. The normalized spacial score (nSPS) is 17.1. The summed E-state index contributed by atoms with van der Waals surface area (Å²) < 4.78 is 72.6. The van der Waals surface area contributed by atoms with Gasteiger partial charge in [0, 0.05) is 24.6 Å². The first kappa shape index (κ1) is 25.4. The molecule has 1 aromatic heterocycles. The van der Waals surface area contributed by atoms with Gasteiger partial charge in [-0.1, -0.05) is 24.3 Å². The van der Waals surface area contributed by atoms with Crippen LogP contribution in [-0.2, 0) is 13.2 Å². The van der Waals surface area contributed by atoms with Crippen molar-refractivity contribution in [1.29, 1.82) is 0 Å². The van der Waals surface area contributed by atoms with Gasteiger partial charge in [0.15, 0.2) is 6.29 Å². The van der Waals surface area contributed by atoms with Crippen LogP contribution >= 0.6 is 0 Å². The fraction of sp³-hybridized carbons (Fsp3) is 0.364. The van der Waals surface area contributed by atoms with Crippen molar-refractivity contribution >= 4 is 5.91 Å². The summed E-state index contributed by atoms with van der Waals surface area (Å²) in [5.74, 6) is -1.96. The zero-order valence-electron chi connectivity index (χ0n) is 18.1. The first-order chi connectivity index (χ1) is 15.9. The van der Waals surface area contributed by atoms with Crippen LogP contribution in [0, 0.1) is 5.92 Å². The summed E-state index contributed by atoms with van der Waals surface area (Å²) in [5.41, 5.74) is -2.19. The molecular formula is C22H22F5N3O4. The van der Waals surface area contributed by atoms with E-state index in [2.05, 4.69) is 10.4 Å². The van der Waals surface area contributed by atoms with E-state index in [1.807, 2.05) is 0 Å². The van der Waals surface area contributed by atoms with Gasteiger partial charge in [-0.25, -0.2) is 13.5 Å². The van der Waals surface area contributed by atoms with Crippen LogP contribution in [0.25, 0.3) is 0 Å². The monoisotopic (exact) mass is 487 g/mol. The summed E-state index contributed by atoms with van der Waals surface area (Å²) in [6, 6.07) is 3.23. The number of amides is 1. The predicted molar refractivity (Wildman–Crippen MR) is 110 cm³/mol. The van der Waals surface area contributed by atoms with Crippen molar-refractivity contribution in [3.63, 3.8) is 0 Å². The van der Waals surface area contributed by atoms with Crippen molar-refractivity contribution in [1.82, 2.24) is 15.1 Å². The molecule has 0 bridgehead atoms. The molecule has 0 saturated carbocycles. The van der Waals surface area contributed by atoms with E-state index < -0.39 is 53.5 Å². The van der Waals surface area contributed by atoms with Crippen LogP contribution < -0.4 is 10.1 Å². The lowest BCUT2D eigenvalue weighted by Gasteiger charge is -2.24. The number of ether oxygens (including phenoxy) is 1. The number of aliphatic hydroxyl groups is 2. The first-order valence-electron chi connectivity index (χ1n) is 10.1. The number of hydrogen-bond acceptors (Lipinski definition) is 5. The molecule has 1 unspecified atom stereocenters. The number of hydrogen-bond donors (Lipinski definition) is 3. The molecule has 0 saturated heterocycles. The maximum Gasteiger partial charge on any atom is 0.416 e. The summed E-state index contributed by atoms with van der Waals surface area (Å²) >= 11 is 0. The van der Waals surface area contributed by atoms with E-state index in [4.69, 9.17) is 4.74 Å². The molecule has 7 nitrogen and oxygen atoms in total. The highest BCUT2D eigenvalue weighted by molar-refractivity contribution is 5.98. The van der Waals surface area contributed by atoms with E-state index in [9.17, 15) is 37.0 Å². The number of aliphatic hydroxyl groups excluding tert-OH is 1. The number of aryl methyl sites for hydroxylation is 1. The van der Waals surface area contributed by atoms with Crippen LogP contribution in [0.4, 0.5) is 22.0 Å². The smallest absolute Gasteiger partial charge is 0.416 e. The lowest BCUT2D eigenvalue weighted by Crippen LogP contribution is -2.38. The topological polar surface area (TPSA) is 96.6 Å². The van der Waals surface area contributed by atoms with Crippen LogP contribution in [0.3, 0.4) is 0 Å².